The molecule has 0 radical (unpaired) electrons. The van der Waals surface area contributed by atoms with Crippen LogP contribution >= 0.6 is 11.8 Å². The molecule has 0 atom stereocenters. The highest BCUT2D eigenvalue weighted by atomic mass is 32.2. The molecule has 3 aromatic carbocycles. The topological polar surface area (TPSA) is 42.0 Å². The molecule has 0 fully saturated rings. The van der Waals surface area contributed by atoms with E-state index in [1.165, 1.54) is 11.1 Å². The van der Waals surface area contributed by atoms with Crippen LogP contribution in [-0.2, 0) is 0 Å². The SMILES string of the molecule is CSc1ccc(C(=O)Nc2cccc(-c3ccccn3)c2)c(-c2cc(C)c(C)cc2C)c1. The summed E-state index contributed by atoms with van der Waals surface area (Å²) in [6.45, 7) is 6.33. The second kappa shape index (κ2) is 9.41. The summed E-state index contributed by atoms with van der Waals surface area (Å²) in [5.74, 6) is -0.122. The Hall–Kier alpha value is -3.37. The van der Waals surface area contributed by atoms with Crippen LogP contribution in [0.25, 0.3) is 22.4 Å². The molecule has 0 spiro atoms. The Kier molecular flexibility index (Phi) is 6.42. The second-order valence-corrected chi connectivity index (χ2v) is 8.79. The van der Waals surface area contributed by atoms with E-state index in [-0.39, 0.29) is 5.91 Å². The van der Waals surface area contributed by atoms with E-state index in [1.54, 1.807) is 18.0 Å². The van der Waals surface area contributed by atoms with E-state index in [1.807, 2.05) is 54.6 Å². The first-order chi connectivity index (χ1) is 15.5. The maximum Gasteiger partial charge on any atom is 0.256 e. The zero-order chi connectivity index (χ0) is 22.7. The first-order valence-electron chi connectivity index (χ1n) is 10.6. The van der Waals surface area contributed by atoms with Crippen LogP contribution in [0.5, 0.6) is 0 Å². The number of nitrogens with zero attached hydrogens (tertiary/aromatic N) is 1. The van der Waals surface area contributed by atoms with E-state index in [0.29, 0.717) is 5.56 Å². The smallest absolute Gasteiger partial charge is 0.256 e. The van der Waals surface area contributed by atoms with Crippen molar-refractivity contribution in [2.45, 2.75) is 25.7 Å². The van der Waals surface area contributed by atoms with E-state index >= 15 is 0 Å². The minimum atomic E-state index is -0.122. The lowest BCUT2D eigenvalue weighted by Crippen LogP contribution is -2.13. The molecule has 0 saturated carbocycles. The van der Waals surface area contributed by atoms with Gasteiger partial charge in [0, 0.05) is 27.9 Å². The Morgan fingerprint density at radius 1 is 0.812 bits per heavy atom. The molecule has 0 saturated heterocycles. The molecule has 1 aromatic heterocycles. The minimum Gasteiger partial charge on any atom is -0.322 e. The van der Waals surface area contributed by atoms with Crippen LogP contribution in [0, 0.1) is 20.8 Å². The number of anilines is 1. The van der Waals surface area contributed by atoms with Crippen molar-refractivity contribution in [2.75, 3.05) is 11.6 Å². The number of hydrogen-bond acceptors (Lipinski definition) is 3. The van der Waals surface area contributed by atoms with Gasteiger partial charge in [0.1, 0.15) is 0 Å². The van der Waals surface area contributed by atoms with Gasteiger partial charge in [0.05, 0.1) is 5.69 Å². The minimum absolute atomic E-state index is 0.122. The van der Waals surface area contributed by atoms with Gasteiger partial charge in [0.15, 0.2) is 0 Å². The Balaban J connectivity index is 1.72. The summed E-state index contributed by atoms with van der Waals surface area (Å²) in [4.78, 5) is 18.9. The number of rotatable bonds is 5. The maximum atomic E-state index is 13.4. The predicted molar refractivity (Wildman–Crippen MR) is 135 cm³/mol. The molecule has 0 aliphatic rings. The summed E-state index contributed by atoms with van der Waals surface area (Å²) in [7, 11) is 0. The highest BCUT2D eigenvalue weighted by Crippen LogP contribution is 2.33. The van der Waals surface area contributed by atoms with E-state index in [2.05, 4.69) is 55.5 Å². The molecule has 3 nitrogen and oxygen atoms in total. The van der Waals surface area contributed by atoms with Gasteiger partial charge in [-0.25, -0.2) is 0 Å². The van der Waals surface area contributed by atoms with Crippen molar-refractivity contribution in [3.63, 3.8) is 0 Å². The lowest BCUT2D eigenvalue weighted by molar-refractivity contribution is 0.102. The largest absolute Gasteiger partial charge is 0.322 e. The number of aryl methyl sites for hydroxylation is 3. The third-order valence-corrected chi connectivity index (χ3v) is 6.41. The van der Waals surface area contributed by atoms with Crippen LogP contribution in [0.15, 0.2) is 83.9 Å². The molecule has 4 aromatic rings. The van der Waals surface area contributed by atoms with Crippen molar-refractivity contribution >= 4 is 23.4 Å². The lowest BCUT2D eigenvalue weighted by atomic mass is 9.92. The summed E-state index contributed by atoms with van der Waals surface area (Å²) in [5.41, 5.74) is 8.93. The number of carbonyl (C=O) groups excluding carboxylic acids is 1. The molecule has 160 valence electrons. The van der Waals surface area contributed by atoms with Gasteiger partial charge in [-0.15, -0.1) is 11.8 Å². The zero-order valence-corrected chi connectivity index (χ0v) is 19.6. The van der Waals surface area contributed by atoms with Gasteiger partial charge in [-0.05, 0) is 97.3 Å². The molecular weight excluding hydrogens is 412 g/mol. The number of hydrogen-bond donors (Lipinski definition) is 1. The number of pyridine rings is 1. The fourth-order valence-electron chi connectivity index (χ4n) is 3.81. The standard InChI is InChI=1S/C28H26N2OS/c1-18-14-20(3)25(15-19(18)2)26-17-23(32-4)11-12-24(26)28(31)30-22-9-7-8-21(16-22)27-10-5-6-13-29-27/h5-17H,1-4H3,(H,30,31). The third kappa shape index (κ3) is 4.61. The number of aromatic nitrogens is 1. The van der Waals surface area contributed by atoms with Crippen molar-refractivity contribution in [2.24, 2.45) is 0 Å². The molecule has 1 heterocycles. The number of thioether (sulfide) groups is 1. The first kappa shape index (κ1) is 21.8. The lowest BCUT2D eigenvalue weighted by Gasteiger charge is -2.16. The zero-order valence-electron chi connectivity index (χ0n) is 18.8. The number of nitrogens with one attached hydrogen (secondary N) is 1. The van der Waals surface area contributed by atoms with Crippen LogP contribution < -0.4 is 5.32 Å². The Morgan fingerprint density at radius 2 is 1.62 bits per heavy atom. The van der Waals surface area contributed by atoms with Crippen LogP contribution in [0.2, 0.25) is 0 Å². The summed E-state index contributed by atoms with van der Waals surface area (Å²) >= 11 is 1.68. The highest BCUT2D eigenvalue weighted by Gasteiger charge is 2.16. The first-order valence-corrected chi connectivity index (χ1v) is 11.8. The van der Waals surface area contributed by atoms with Crippen molar-refractivity contribution in [1.29, 1.82) is 0 Å². The van der Waals surface area contributed by atoms with Crippen molar-refractivity contribution in [3.8, 4) is 22.4 Å². The Labute approximate surface area is 193 Å². The fraction of sp³-hybridized carbons (Fsp3) is 0.143. The van der Waals surface area contributed by atoms with Crippen LogP contribution in [-0.4, -0.2) is 17.1 Å². The molecule has 0 aliphatic heterocycles. The monoisotopic (exact) mass is 438 g/mol. The third-order valence-electron chi connectivity index (χ3n) is 5.68. The molecule has 32 heavy (non-hydrogen) atoms. The second-order valence-electron chi connectivity index (χ2n) is 7.91. The van der Waals surface area contributed by atoms with Gasteiger partial charge in [-0.2, -0.15) is 0 Å². The summed E-state index contributed by atoms with van der Waals surface area (Å²) < 4.78 is 0. The average Bonchev–Trinajstić information content (AvgIpc) is 2.81. The van der Waals surface area contributed by atoms with E-state index < -0.39 is 0 Å². The van der Waals surface area contributed by atoms with Gasteiger partial charge < -0.3 is 5.32 Å². The van der Waals surface area contributed by atoms with Crippen molar-refractivity contribution in [3.05, 3.63) is 101 Å². The summed E-state index contributed by atoms with van der Waals surface area (Å²) in [6, 6.07) is 24.0. The van der Waals surface area contributed by atoms with Crippen LogP contribution in [0.3, 0.4) is 0 Å². The molecule has 4 heteroatoms. The number of carbonyl (C=O) groups is 1. The van der Waals surface area contributed by atoms with Crippen molar-refractivity contribution < 1.29 is 4.79 Å². The maximum absolute atomic E-state index is 13.4. The Morgan fingerprint density at radius 3 is 2.38 bits per heavy atom. The molecular formula is C28H26N2OS. The van der Waals surface area contributed by atoms with Crippen LogP contribution in [0.4, 0.5) is 5.69 Å². The molecule has 0 aliphatic carbocycles. The van der Waals surface area contributed by atoms with Gasteiger partial charge >= 0.3 is 0 Å². The van der Waals surface area contributed by atoms with Crippen LogP contribution in [0.1, 0.15) is 27.0 Å². The fourth-order valence-corrected chi connectivity index (χ4v) is 4.25. The van der Waals surface area contributed by atoms with Gasteiger partial charge in [0.25, 0.3) is 5.91 Å². The van der Waals surface area contributed by atoms with E-state index in [0.717, 1.165) is 38.5 Å². The molecule has 0 bridgehead atoms. The van der Waals surface area contributed by atoms with Gasteiger partial charge in [-0.1, -0.05) is 30.3 Å². The highest BCUT2D eigenvalue weighted by molar-refractivity contribution is 7.98. The molecule has 1 N–H and O–H groups in total. The number of benzene rings is 3. The normalized spacial score (nSPS) is 10.8. The van der Waals surface area contributed by atoms with E-state index in [4.69, 9.17) is 0 Å². The molecule has 0 unspecified atom stereocenters. The molecule has 1 amide bonds. The Bertz CT molecular complexity index is 1280. The van der Waals surface area contributed by atoms with Gasteiger partial charge in [0.2, 0.25) is 0 Å². The summed E-state index contributed by atoms with van der Waals surface area (Å²) in [5, 5.41) is 3.09. The predicted octanol–water partition coefficient (Wildman–Crippen LogP) is 7.32. The average molecular weight is 439 g/mol. The van der Waals surface area contributed by atoms with E-state index in [9.17, 15) is 4.79 Å². The molecule has 4 rings (SSSR count). The van der Waals surface area contributed by atoms with Crippen molar-refractivity contribution in [1.82, 2.24) is 4.98 Å². The van der Waals surface area contributed by atoms with Gasteiger partial charge in [-0.3, -0.25) is 9.78 Å². The number of amides is 1. The quantitative estimate of drug-likeness (QED) is 0.332. The summed E-state index contributed by atoms with van der Waals surface area (Å²) in [6.07, 6.45) is 3.82.